The van der Waals surface area contributed by atoms with Crippen molar-refractivity contribution in [1.29, 1.82) is 5.41 Å². The number of anilines is 1. The van der Waals surface area contributed by atoms with E-state index >= 15 is 0 Å². The fourth-order valence-corrected chi connectivity index (χ4v) is 3.48. The lowest BCUT2D eigenvalue weighted by Gasteiger charge is -2.25. The van der Waals surface area contributed by atoms with Gasteiger partial charge < -0.3 is 10.6 Å². The van der Waals surface area contributed by atoms with Crippen molar-refractivity contribution in [2.45, 2.75) is 39.2 Å². The van der Waals surface area contributed by atoms with E-state index in [1.807, 2.05) is 13.8 Å². The van der Waals surface area contributed by atoms with Crippen LogP contribution >= 0.6 is 0 Å². The molecule has 0 saturated carbocycles. The van der Waals surface area contributed by atoms with E-state index in [9.17, 15) is 0 Å². The number of nitrogen functional groups attached to an aromatic ring is 1. The van der Waals surface area contributed by atoms with Crippen molar-refractivity contribution >= 4 is 11.7 Å². The second kappa shape index (κ2) is 5.60. The minimum Gasteiger partial charge on any atom is -0.384 e. The topological polar surface area (TPSA) is 82.1 Å². The molecule has 3 N–H and O–H groups in total. The van der Waals surface area contributed by atoms with Gasteiger partial charge in [-0.3, -0.25) is 10.3 Å². The molecule has 1 unspecified atom stereocenters. The maximum atomic E-state index is 7.87. The first-order valence-corrected chi connectivity index (χ1v) is 7.75. The quantitative estimate of drug-likeness (QED) is 0.642. The van der Waals surface area contributed by atoms with E-state index in [0.29, 0.717) is 6.04 Å². The Labute approximate surface area is 125 Å². The molecule has 0 amide bonds. The Morgan fingerprint density at radius 3 is 2.57 bits per heavy atom. The van der Waals surface area contributed by atoms with Crippen molar-refractivity contribution in [2.75, 3.05) is 31.1 Å². The van der Waals surface area contributed by atoms with Crippen LogP contribution in [-0.2, 0) is 0 Å². The van der Waals surface area contributed by atoms with E-state index in [1.54, 1.807) is 0 Å². The molecule has 21 heavy (non-hydrogen) atoms. The lowest BCUT2D eigenvalue weighted by atomic mass is 10.1. The average molecular weight is 288 g/mol. The van der Waals surface area contributed by atoms with Crippen LogP contribution in [0.15, 0.2) is 0 Å². The molecule has 1 aromatic rings. The SMILES string of the molecule is Cc1nnc(N2CCC(N3CCCC3)C2)c(C(=N)N)c1C. The highest BCUT2D eigenvalue weighted by Crippen LogP contribution is 2.28. The van der Waals surface area contributed by atoms with Gasteiger partial charge in [0.2, 0.25) is 0 Å². The van der Waals surface area contributed by atoms with Crippen LogP contribution in [0.4, 0.5) is 5.82 Å². The van der Waals surface area contributed by atoms with Crippen molar-refractivity contribution in [2.24, 2.45) is 5.73 Å². The summed E-state index contributed by atoms with van der Waals surface area (Å²) in [5.74, 6) is 0.873. The minimum absolute atomic E-state index is 0.0881. The van der Waals surface area contributed by atoms with Gasteiger partial charge in [-0.05, 0) is 51.8 Å². The van der Waals surface area contributed by atoms with Gasteiger partial charge in [0.05, 0.1) is 11.3 Å². The van der Waals surface area contributed by atoms with Crippen molar-refractivity contribution in [3.05, 3.63) is 16.8 Å². The normalized spacial score (nSPS) is 23.0. The van der Waals surface area contributed by atoms with Crippen LogP contribution in [0.2, 0.25) is 0 Å². The first kappa shape index (κ1) is 14.3. The molecule has 6 heteroatoms. The number of rotatable bonds is 3. The molecular formula is C15H24N6. The van der Waals surface area contributed by atoms with Crippen LogP contribution in [-0.4, -0.2) is 53.2 Å². The zero-order chi connectivity index (χ0) is 15.0. The van der Waals surface area contributed by atoms with Gasteiger partial charge in [0.15, 0.2) is 5.82 Å². The Kier molecular flexibility index (Phi) is 3.80. The van der Waals surface area contributed by atoms with E-state index in [2.05, 4.69) is 20.0 Å². The molecular weight excluding hydrogens is 264 g/mol. The summed E-state index contributed by atoms with van der Waals surface area (Å²) in [6, 6.07) is 0.607. The standard InChI is InChI=1S/C15H24N6/c1-10-11(2)18-19-15(13(10)14(16)17)21-8-5-12(9-21)20-6-3-4-7-20/h12H,3-9H2,1-2H3,(H3,16,17). The summed E-state index contributed by atoms with van der Waals surface area (Å²) in [7, 11) is 0. The number of hydrogen-bond donors (Lipinski definition) is 2. The van der Waals surface area contributed by atoms with Crippen molar-refractivity contribution in [3.63, 3.8) is 0 Å². The van der Waals surface area contributed by atoms with Gasteiger partial charge >= 0.3 is 0 Å². The molecule has 3 heterocycles. The van der Waals surface area contributed by atoms with Gasteiger partial charge in [-0.2, -0.15) is 5.10 Å². The second-order valence-electron chi connectivity index (χ2n) is 6.15. The number of likely N-dealkylation sites (tertiary alicyclic amines) is 1. The molecule has 2 aliphatic heterocycles. The molecule has 2 fully saturated rings. The van der Waals surface area contributed by atoms with E-state index in [1.165, 1.54) is 25.9 Å². The van der Waals surface area contributed by atoms with Crippen LogP contribution in [0.25, 0.3) is 0 Å². The number of nitrogens with two attached hydrogens (primary N) is 1. The largest absolute Gasteiger partial charge is 0.384 e. The number of amidine groups is 1. The zero-order valence-electron chi connectivity index (χ0n) is 12.9. The Hall–Kier alpha value is -1.69. The molecule has 1 atom stereocenters. The number of aryl methyl sites for hydroxylation is 1. The zero-order valence-corrected chi connectivity index (χ0v) is 12.9. The van der Waals surface area contributed by atoms with Gasteiger partial charge in [-0.25, -0.2) is 0 Å². The average Bonchev–Trinajstić information content (AvgIpc) is 3.10. The van der Waals surface area contributed by atoms with E-state index in [4.69, 9.17) is 11.1 Å². The van der Waals surface area contributed by atoms with Gasteiger partial charge in [-0.1, -0.05) is 0 Å². The summed E-state index contributed by atoms with van der Waals surface area (Å²) < 4.78 is 0. The monoisotopic (exact) mass is 288 g/mol. The molecule has 0 bridgehead atoms. The molecule has 0 aromatic carbocycles. The predicted octanol–water partition coefficient (Wildman–Crippen LogP) is 1.05. The van der Waals surface area contributed by atoms with Crippen molar-refractivity contribution in [3.8, 4) is 0 Å². The second-order valence-corrected chi connectivity index (χ2v) is 6.15. The molecule has 0 aliphatic carbocycles. The van der Waals surface area contributed by atoms with Crippen LogP contribution < -0.4 is 10.6 Å². The Morgan fingerprint density at radius 2 is 1.90 bits per heavy atom. The summed E-state index contributed by atoms with van der Waals surface area (Å²) >= 11 is 0. The molecule has 6 nitrogen and oxygen atoms in total. The first-order valence-electron chi connectivity index (χ1n) is 7.75. The third-order valence-corrected chi connectivity index (χ3v) is 4.83. The van der Waals surface area contributed by atoms with Gasteiger partial charge in [-0.15, -0.1) is 5.10 Å². The van der Waals surface area contributed by atoms with Crippen LogP contribution in [0.3, 0.4) is 0 Å². The summed E-state index contributed by atoms with van der Waals surface area (Å²) in [4.78, 5) is 4.83. The fraction of sp³-hybridized carbons (Fsp3) is 0.667. The number of nitrogens with one attached hydrogen (secondary N) is 1. The lowest BCUT2D eigenvalue weighted by Crippen LogP contribution is -2.36. The number of hydrogen-bond acceptors (Lipinski definition) is 5. The van der Waals surface area contributed by atoms with Crippen LogP contribution in [0.1, 0.15) is 36.1 Å². The lowest BCUT2D eigenvalue weighted by molar-refractivity contribution is 0.260. The molecule has 0 radical (unpaired) electrons. The summed E-state index contributed by atoms with van der Waals surface area (Å²) in [5, 5.41) is 16.4. The molecule has 1 aromatic heterocycles. The highest BCUT2D eigenvalue weighted by atomic mass is 15.3. The molecule has 0 spiro atoms. The van der Waals surface area contributed by atoms with E-state index < -0.39 is 0 Å². The van der Waals surface area contributed by atoms with E-state index in [0.717, 1.165) is 42.1 Å². The Morgan fingerprint density at radius 1 is 1.19 bits per heavy atom. The molecule has 2 saturated heterocycles. The third-order valence-electron chi connectivity index (χ3n) is 4.83. The smallest absolute Gasteiger partial charge is 0.162 e. The fourth-order valence-electron chi connectivity index (χ4n) is 3.48. The number of aromatic nitrogens is 2. The minimum atomic E-state index is 0.0881. The van der Waals surface area contributed by atoms with Gasteiger partial charge in [0.25, 0.3) is 0 Å². The third kappa shape index (κ3) is 2.60. The summed E-state index contributed by atoms with van der Waals surface area (Å²) in [6.45, 7) is 8.26. The predicted molar refractivity (Wildman–Crippen MR) is 83.9 cm³/mol. The Balaban J connectivity index is 1.84. The summed E-state index contributed by atoms with van der Waals surface area (Å²) in [5.41, 5.74) is 8.36. The van der Waals surface area contributed by atoms with E-state index in [-0.39, 0.29) is 5.84 Å². The van der Waals surface area contributed by atoms with Crippen LogP contribution in [0.5, 0.6) is 0 Å². The maximum Gasteiger partial charge on any atom is 0.162 e. The summed E-state index contributed by atoms with van der Waals surface area (Å²) in [6.07, 6.45) is 3.79. The molecule has 3 rings (SSSR count). The molecule has 2 aliphatic rings. The maximum absolute atomic E-state index is 7.87. The van der Waals surface area contributed by atoms with Crippen molar-refractivity contribution < 1.29 is 0 Å². The van der Waals surface area contributed by atoms with Crippen molar-refractivity contribution in [1.82, 2.24) is 15.1 Å². The van der Waals surface area contributed by atoms with Gasteiger partial charge in [0, 0.05) is 19.1 Å². The molecule has 114 valence electrons. The highest BCUT2D eigenvalue weighted by molar-refractivity contribution is 6.01. The first-order chi connectivity index (χ1) is 10.1. The number of nitrogens with zero attached hydrogens (tertiary/aromatic N) is 4. The van der Waals surface area contributed by atoms with Crippen LogP contribution in [0, 0.1) is 19.3 Å². The van der Waals surface area contributed by atoms with Gasteiger partial charge in [0.1, 0.15) is 5.84 Å². The Bertz CT molecular complexity index is 549. The highest BCUT2D eigenvalue weighted by Gasteiger charge is 2.31.